The highest BCUT2D eigenvalue weighted by Gasteiger charge is 2.36. The summed E-state index contributed by atoms with van der Waals surface area (Å²) in [6.07, 6.45) is 0.121. The minimum absolute atomic E-state index is 0.133. The molecule has 6 heteroatoms. The van der Waals surface area contributed by atoms with E-state index in [-0.39, 0.29) is 18.1 Å². The second-order valence-electron chi connectivity index (χ2n) is 10.3. The third kappa shape index (κ3) is 8.62. The third-order valence-corrected chi connectivity index (χ3v) is 8.85. The van der Waals surface area contributed by atoms with Crippen LogP contribution in [0.4, 0.5) is 4.79 Å². The van der Waals surface area contributed by atoms with Gasteiger partial charge in [-0.2, -0.15) is 0 Å². The van der Waals surface area contributed by atoms with Gasteiger partial charge in [0.05, 0.1) is 18.2 Å². The third-order valence-electron chi connectivity index (χ3n) is 5.09. The van der Waals surface area contributed by atoms with E-state index in [1.165, 1.54) is 5.19 Å². The van der Waals surface area contributed by atoms with E-state index in [1.807, 2.05) is 59.7 Å². The predicted octanol–water partition coefficient (Wildman–Crippen LogP) is 4.40. The number of carbonyl (C=O) groups is 1. The molecule has 1 aromatic carbocycles. The van der Waals surface area contributed by atoms with E-state index in [1.54, 1.807) is 0 Å². The van der Waals surface area contributed by atoms with Gasteiger partial charge in [-0.1, -0.05) is 53.8 Å². The van der Waals surface area contributed by atoms with Crippen molar-refractivity contribution in [2.24, 2.45) is 5.92 Å². The summed E-state index contributed by atoms with van der Waals surface area (Å²) in [6.45, 7) is 20.8. The molecule has 5 nitrogen and oxygen atoms in total. The van der Waals surface area contributed by atoms with Crippen LogP contribution in [0, 0.1) is 5.92 Å². The molecule has 0 radical (unpaired) electrons. The van der Waals surface area contributed by atoms with Crippen LogP contribution in [-0.2, 0) is 9.47 Å². The first-order valence-electron chi connectivity index (χ1n) is 10.7. The van der Waals surface area contributed by atoms with Crippen LogP contribution in [-0.4, -0.2) is 49.7 Å². The van der Waals surface area contributed by atoms with E-state index in [0.29, 0.717) is 13.0 Å². The Kier molecular flexibility index (Phi) is 9.33. The summed E-state index contributed by atoms with van der Waals surface area (Å²) < 4.78 is 11.4. The summed E-state index contributed by atoms with van der Waals surface area (Å²) in [5.74, 6) is -0.133. The number of alkyl carbamates (subject to hydrolysis) is 1. The van der Waals surface area contributed by atoms with Crippen molar-refractivity contribution in [1.82, 2.24) is 5.32 Å². The number of rotatable bonds is 9. The van der Waals surface area contributed by atoms with Crippen LogP contribution in [0.15, 0.2) is 42.1 Å². The molecule has 0 heterocycles. The van der Waals surface area contributed by atoms with Gasteiger partial charge in [0.2, 0.25) is 0 Å². The number of benzene rings is 1. The highest BCUT2D eigenvalue weighted by atomic mass is 28.3. The van der Waals surface area contributed by atoms with E-state index in [2.05, 4.69) is 37.1 Å². The minimum Gasteiger partial charge on any atom is -0.444 e. The average Bonchev–Trinajstić information content (AvgIpc) is 2.61. The molecule has 2 N–H and O–H groups in total. The van der Waals surface area contributed by atoms with E-state index in [4.69, 9.17) is 9.47 Å². The van der Waals surface area contributed by atoms with Gasteiger partial charge in [0.25, 0.3) is 0 Å². The number of aliphatic hydroxyl groups excluding tert-OH is 1. The second-order valence-corrected chi connectivity index (χ2v) is 14.8. The molecular formula is C24H41NO4Si. The molecule has 0 aromatic heterocycles. The van der Waals surface area contributed by atoms with Crippen molar-refractivity contribution >= 4 is 19.4 Å². The Labute approximate surface area is 183 Å². The average molecular weight is 436 g/mol. The normalized spacial score (nSPS) is 14.7. The second kappa shape index (κ2) is 10.6. The number of hydrogen-bond donors (Lipinski definition) is 2. The molecular weight excluding hydrogens is 394 g/mol. The highest BCUT2D eigenvalue weighted by molar-refractivity contribution is 6.95. The lowest BCUT2D eigenvalue weighted by molar-refractivity contribution is -0.0106. The Morgan fingerprint density at radius 2 is 1.67 bits per heavy atom. The molecule has 0 aliphatic heterocycles. The van der Waals surface area contributed by atoms with Crippen LogP contribution in [0.1, 0.15) is 48.0 Å². The Balaban J connectivity index is 3.12. The molecule has 0 fully saturated rings. The molecule has 1 rings (SSSR count). The summed E-state index contributed by atoms with van der Waals surface area (Å²) in [5, 5.41) is 15.4. The molecule has 0 aliphatic carbocycles. The van der Waals surface area contributed by atoms with Gasteiger partial charge in [-0.3, -0.25) is 0 Å². The lowest BCUT2D eigenvalue weighted by Crippen LogP contribution is -2.52. The van der Waals surface area contributed by atoms with Crippen molar-refractivity contribution in [2.45, 2.75) is 78.3 Å². The fourth-order valence-electron chi connectivity index (χ4n) is 3.35. The fourth-order valence-corrected chi connectivity index (χ4v) is 6.02. The number of nitrogens with one attached hydrogen (secondary N) is 1. The largest absolute Gasteiger partial charge is 0.444 e. The van der Waals surface area contributed by atoms with Crippen LogP contribution in [0.3, 0.4) is 0 Å². The molecule has 0 aliphatic rings. The summed E-state index contributed by atoms with van der Waals surface area (Å²) in [7, 11) is -2.07. The topological polar surface area (TPSA) is 67.8 Å². The van der Waals surface area contributed by atoms with Gasteiger partial charge in [-0.15, -0.1) is 6.58 Å². The van der Waals surface area contributed by atoms with Gasteiger partial charge in [0, 0.05) is 12.5 Å². The zero-order chi connectivity index (χ0) is 23.2. The van der Waals surface area contributed by atoms with Crippen molar-refractivity contribution < 1.29 is 19.4 Å². The monoisotopic (exact) mass is 435 g/mol. The molecule has 2 atom stereocenters. The quantitative estimate of drug-likeness (QED) is 0.564. The number of aliphatic hydroxyl groups is 1. The summed E-state index contributed by atoms with van der Waals surface area (Å²) in [4.78, 5) is 12.4. The molecule has 0 spiro atoms. The Morgan fingerprint density at radius 3 is 2.13 bits per heavy atom. The summed E-state index contributed by atoms with van der Waals surface area (Å²) in [6, 6.07) is 9.86. The first-order valence-corrected chi connectivity index (χ1v) is 13.7. The van der Waals surface area contributed by atoms with E-state index < -0.39 is 25.8 Å². The zero-order valence-corrected chi connectivity index (χ0v) is 21.0. The van der Waals surface area contributed by atoms with Crippen LogP contribution in [0.5, 0.6) is 0 Å². The number of hydrogen-bond acceptors (Lipinski definition) is 4. The Morgan fingerprint density at radius 1 is 1.10 bits per heavy atom. The number of ether oxygens (including phenoxy) is 2. The lowest BCUT2D eigenvalue weighted by atomic mass is 9.96. The molecule has 0 bridgehead atoms. The van der Waals surface area contributed by atoms with Gasteiger partial charge >= 0.3 is 6.09 Å². The van der Waals surface area contributed by atoms with Crippen molar-refractivity contribution in [1.29, 1.82) is 0 Å². The lowest BCUT2D eigenvalue weighted by Gasteiger charge is -2.37. The van der Waals surface area contributed by atoms with Crippen molar-refractivity contribution in [3.8, 4) is 0 Å². The zero-order valence-electron chi connectivity index (χ0n) is 20.0. The number of amides is 1. The molecule has 30 heavy (non-hydrogen) atoms. The van der Waals surface area contributed by atoms with Crippen molar-refractivity contribution in [3.05, 3.63) is 42.1 Å². The summed E-state index contributed by atoms with van der Waals surface area (Å²) >= 11 is 0. The Hall–Kier alpha value is -1.63. The van der Waals surface area contributed by atoms with Crippen molar-refractivity contribution in [3.63, 3.8) is 0 Å². The van der Waals surface area contributed by atoms with E-state index in [9.17, 15) is 9.90 Å². The van der Waals surface area contributed by atoms with E-state index in [0.717, 1.165) is 5.20 Å². The maximum Gasteiger partial charge on any atom is 0.407 e. The van der Waals surface area contributed by atoms with Gasteiger partial charge in [0.1, 0.15) is 13.7 Å². The molecule has 0 unspecified atom stereocenters. The highest BCUT2D eigenvalue weighted by Crippen LogP contribution is 2.28. The first-order chi connectivity index (χ1) is 13.7. The smallest absolute Gasteiger partial charge is 0.407 e. The first kappa shape index (κ1) is 26.4. The van der Waals surface area contributed by atoms with Crippen LogP contribution in [0.25, 0.3) is 0 Å². The Bertz CT molecular complexity index is 689. The van der Waals surface area contributed by atoms with Crippen molar-refractivity contribution in [2.75, 3.05) is 13.2 Å². The van der Waals surface area contributed by atoms with Crippen LogP contribution in [0.2, 0.25) is 13.1 Å². The van der Waals surface area contributed by atoms with Gasteiger partial charge in [-0.05, 0) is 48.0 Å². The van der Waals surface area contributed by atoms with E-state index >= 15 is 0 Å². The van der Waals surface area contributed by atoms with Gasteiger partial charge in [0.15, 0.2) is 0 Å². The predicted molar refractivity (Wildman–Crippen MR) is 127 cm³/mol. The van der Waals surface area contributed by atoms with Crippen LogP contribution < -0.4 is 10.5 Å². The molecule has 170 valence electrons. The minimum atomic E-state index is -2.07. The standard InChI is InChI=1S/C24H41NO4Si/c1-18(30(8,9)19-13-11-10-12-14-19)20(15-16-28-23(2,3)4)21(17-26)25-22(27)29-24(5,6)7/h10-14,20-21,26H,1,15-17H2,2-9H3,(H,25,27)/t20-,21+/m0/s1. The maximum atomic E-state index is 12.4. The summed E-state index contributed by atoms with van der Waals surface area (Å²) in [5.41, 5.74) is -0.866. The van der Waals surface area contributed by atoms with Gasteiger partial charge in [-0.25, -0.2) is 4.79 Å². The molecule has 0 saturated carbocycles. The van der Waals surface area contributed by atoms with Crippen LogP contribution >= 0.6 is 0 Å². The SMILES string of the molecule is C=C([C@H](CCOC(C)(C)C)[C@@H](CO)NC(=O)OC(C)(C)C)[Si](C)(C)c1ccccc1. The maximum absolute atomic E-state index is 12.4. The molecule has 1 aromatic rings. The fraction of sp³-hybridized carbons (Fsp3) is 0.625. The molecule has 0 saturated heterocycles. The van der Waals surface area contributed by atoms with Gasteiger partial charge < -0.3 is 19.9 Å². The number of carbonyl (C=O) groups excluding carboxylic acids is 1. The molecule has 1 amide bonds.